The second-order valence-electron chi connectivity index (χ2n) is 5.72. The molecule has 1 atom stereocenters. The molecule has 4 nitrogen and oxygen atoms in total. The van der Waals surface area contributed by atoms with Crippen LogP contribution in [0.15, 0.2) is 18.2 Å². The minimum Gasteiger partial charge on any atom is -0.493 e. The second-order valence-corrected chi connectivity index (χ2v) is 5.72. The third-order valence-corrected chi connectivity index (χ3v) is 3.17. The first-order valence-electron chi connectivity index (χ1n) is 7.60. The van der Waals surface area contributed by atoms with Crippen molar-refractivity contribution >= 4 is 0 Å². The van der Waals surface area contributed by atoms with Crippen molar-refractivity contribution in [1.29, 1.82) is 0 Å². The lowest BCUT2D eigenvalue weighted by Gasteiger charge is -2.17. The quantitative estimate of drug-likeness (QED) is 0.719. The average molecular weight is 295 g/mol. The summed E-state index contributed by atoms with van der Waals surface area (Å²) in [6, 6.07) is 6.09. The van der Waals surface area contributed by atoms with Crippen LogP contribution in [0.25, 0.3) is 0 Å². The van der Waals surface area contributed by atoms with Gasteiger partial charge in [-0.2, -0.15) is 0 Å². The minimum absolute atomic E-state index is 0.101. The van der Waals surface area contributed by atoms with Crippen LogP contribution in [0.1, 0.15) is 32.8 Å². The normalized spacial score (nSPS) is 12.5. The molecule has 120 valence electrons. The Morgan fingerprint density at radius 1 is 1.10 bits per heavy atom. The van der Waals surface area contributed by atoms with Crippen LogP contribution in [0.3, 0.4) is 0 Å². The molecule has 0 radical (unpaired) electrons. The van der Waals surface area contributed by atoms with Crippen molar-refractivity contribution in [3.05, 3.63) is 23.8 Å². The first-order chi connectivity index (χ1) is 10.1. The molecule has 0 fully saturated rings. The van der Waals surface area contributed by atoms with Crippen LogP contribution >= 0.6 is 0 Å². The van der Waals surface area contributed by atoms with Gasteiger partial charge in [-0.25, -0.2) is 0 Å². The van der Waals surface area contributed by atoms with Crippen LogP contribution in [-0.2, 0) is 11.3 Å². The molecule has 0 bridgehead atoms. The fourth-order valence-corrected chi connectivity index (χ4v) is 1.98. The summed E-state index contributed by atoms with van der Waals surface area (Å²) in [6.45, 7) is 8.98. The smallest absolute Gasteiger partial charge is 0.161 e. The Morgan fingerprint density at radius 2 is 1.86 bits per heavy atom. The maximum Gasteiger partial charge on any atom is 0.161 e. The van der Waals surface area contributed by atoms with Crippen LogP contribution in [0.2, 0.25) is 0 Å². The molecular formula is C17H29NO3. The minimum atomic E-state index is 0.101. The Balaban J connectivity index is 2.61. The van der Waals surface area contributed by atoms with Crippen LogP contribution in [0.4, 0.5) is 0 Å². The average Bonchev–Trinajstić information content (AvgIpc) is 2.46. The number of ether oxygens (including phenoxy) is 3. The Labute approximate surface area is 128 Å². The van der Waals surface area contributed by atoms with Gasteiger partial charge >= 0.3 is 0 Å². The standard InChI is InChI=1S/C17H29NO3/c1-13(2)11-18-12-15-6-7-16(17(10-15)20-5)21-14(3)8-9-19-4/h6-7,10,13-14,18H,8-9,11-12H2,1-5H3. The molecule has 1 aromatic carbocycles. The molecular weight excluding hydrogens is 266 g/mol. The topological polar surface area (TPSA) is 39.7 Å². The van der Waals surface area contributed by atoms with Gasteiger partial charge in [0.25, 0.3) is 0 Å². The van der Waals surface area contributed by atoms with Crippen molar-refractivity contribution in [3.8, 4) is 11.5 Å². The number of hydrogen-bond acceptors (Lipinski definition) is 4. The van der Waals surface area contributed by atoms with E-state index in [1.165, 1.54) is 5.56 Å². The van der Waals surface area contributed by atoms with Gasteiger partial charge in [-0.15, -0.1) is 0 Å². The molecule has 0 amide bonds. The van der Waals surface area contributed by atoms with Gasteiger partial charge in [0.15, 0.2) is 11.5 Å². The lowest BCUT2D eigenvalue weighted by Crippen LogP contribution is -2.19. The molecule has 1 unspecified atom stereocenters. The summed E-state index contributed by atoms with van der Waals surface area (Å²) in [5.74, 6) is 2.22. The van der Waals surface area contributed by atoms with Gasteiger partial charge in [-0.3, -0.25) is 0 Å². The summed E-state index contributed by atoms with van der Waals surface area (Å²) in [5.41, 5.74) is 1.20. The highest BCUT2D eigenvalue weighted by Crippen LogP contribution is 2.29. The third-order valence-electron chi connectivity index (χ3n) is 3.17. The lowest BCUT2D eigenvalue weighted by atomic mass is 10.1. The van der Waals surface area contributed by atoms with Gasteiger partial charge in [0.05, 0.1) is 13.2 Å². The summed E-state index contributed by atoms with van der Waals surface area (Å²) in [6.07, 6.45) is 0.959. The van der Waals surface area contributed by atoms with E-state index < -0.39 is 0 Å². The van der Waals surface area contributed by atoms with E-state index >= 15 is 0 Å². The van der Waals surface area contributed by atoms with Crippen LogP contribution < -0.4 is 14.8 Å². The monoisotopic (exact) mass is 295 g/mol. The van der Waals surface area contributed by atoms with E-state index in [4.69, 9.17) is 14.2 Å². The van der Waals surface area contributed by atoms with Crippen molar-refractivity contribution in [1.82, 2.24) is 5.32 Å². The highest BCUT2D eigenvalue weighted by atomic mass is 16.5. The zero-order chi connectivity index (χ0) is 15.7. The Kier molecular flexibility index (Phi) is 8.16. The highest BCUT2D eigenvalue weighted by molar-refractivity contribution is 5.43. The number of hydrogen-bond donors (Lipinski definition) is 1. The van der Waals surface area contributed by atoms with Crippen LogP contribution in [0, 0.1) is 5.92 Å². The fraction of sp³-hybridized carbons (Fsp3) is 0.647. The number of benzene rings is 1. The second kappa shape index (κ2) is 9.64. The van der Waals surface area contributed by atoms with Gasteiger partial charge in [0, 0.05) is 26.7 Å². The first kappa shape index (κ1) is 17.8. The van der Waals surface area contributed by atoms with Gasteiger partial charge in [-0.05, 0) is 37.1 Å². The van der Waals surface area contributed by atoms with E-state index in [0.29, 0.717) is 12.5 Å². The van der Waals surface area contributed by atoms with Gasteiger partial charge in [-0.1, -0.05) is 19.9 Å². The highest BCUT2D eigenvalue weighted by Gasteiger charge is 2.10. The van der Waals surface area contributed by atoms with Gasteiger partial charge in [0.1, 0.15) is 0 Å². The van der Waals surface area contributed by atoms with E-state index in [2.05, 4.69) is 25.2 Å². The molecule has 0 saturated heterocycles. The zero-order valence-electron chi connectivity index (χ0n) is 13.9. The van der Waals surface area contributed by atoms with E-state index in [9.17, 15) is 0 Å². The Hall–Kier alpha value is -1.26. The third kappa shape index (κ3) is 6.82. The molecule has 0 aliphatic heterocycles. The van der Waals surface area contributed by atoms with Gasteiger partial charge < -0.3 is 19.5 Å². The van der Waals surface area contributed by atoms with Crippen molar-refractivity contribution in [2.45, 2.75) is 39.8 Å². The lowest BCUT2D eigenvalue weighted by molar-refractivity contribution is 0.132. The predicted molar refractivity (Wildman–Crippen MR) is 86.1 cm³/mol. The predicted octanol–water partition coefficient (Wildman–Crippen LogP) is 3.24. The van der Waals surface area contributed by atoms with Crippen LogP contribution in [-0.4, -0.2) is 33.5 Å². The van der Waals surface area contributed by atoms with Gasteiger partial charge in [0.2, 0.25) is 0 Å². The Morgan fingerprint density at radius 3 is 2.48 bits per heavy atom. The molecule has 1 aromatic rings. The molecule has 4 heteroatoms. The maximum absolute atomic E-state index is 5.91. The van der Waals surface area contributed by atoms with E-state index in [1.54, 1.807) is 14.2 Å². The Bertz CT molecular complexity index is 407. The van der Waals surface area contributed by atoms with E-state index in [-0.39, 0.29) is 6.10 Å². The molecule has 0 heterocycles. The molecule has 0 aliphatic rings. The fourth-order valence-electron chi connectivity index (χ4n) is 1.98. The number of methoxy groups -OCH3 is 2. The van der Waals surface area contributed by atoms with Crippen molar-refractivity contribution in [2.75, 3.05) is 27.4 Å². The van der Waals surface area contributed by atoms with E-state index in [1.807, 2.05) is 19.1 Å². The molecule has 0 saturated carbocycles. The van der Waals surface area contributed by atoms with E-state index in [0.717, 1.165) is 31.0 Å². The van der Waals surface area contributed by atoms with Crippen LogP contribution in [0.5, 0.6) is 11.5 Å². The number of rotatable bonds is 10. The zero-order valence-corrected chi connectivity index (χ0v) is 13.9. The maximum atomic E-state index is 5.91. The van der Waals surface area contributed by atoms with Crippen molar-refractivity contribution in [2.24, 2.45) is 5.92 Å². The molecule has 0 spiro atoms. The summed E-state index contributed by atoms with van der Waals surface area (Å²) >= 11 is 0. The molecule has 1 N–H and O–H groups in total. The summed E-state index contributed by atoms with van der Waals surface area (Å²) < 4.78 is 16.4. The summed E-state index contributed by atoms with van der Waals surface area (Å²) in [7, 11) is 3.37. The van der Waals surface area contributed by atoms with Crippen molar-refractivity contribution in [3.63, 3.8) is 0 Å². The molecule has 0 aromatic heterocycles. The molecule has 1 rings (SSSR count). The SMILES string of the molecule is COCCC(C)Oc1ccc(CNCC(C)C)cc1OC. The largest absolute Gasteiger partial charge is 0.493 e. The number of nitrogens with one attached hydrogen (secondary N) is 1. The first-order valence-corrected chi connectivity index (χ1v) is 7.60. The molecule has 0 aliphatic carbocycles. The molecule has 21 heavy (non-hydrogen) atoms. The summed E-state index contributed by atoms with van der Waals surface area (Å²) in [4.78, 5) is 0. The van der Waals surface area contributed by atoms with Crippen molar-refractivity contribution < 1.29 is 14.2 Å². The summed E-state index contributed by atoms with van der Waals surface area (Å²) in [5, 5.41) is 3.43.